The van der Waals surface area contributed by atoms with Gasteiger partial charge < -0.3 is 14.2 Å². The Kier molecular flexibility index (Phi) is 6.63. The third kappa shape index (κ3) is 4.67. The molecule has 2 rings (SSSR count). The number of thiol groups is 1. The van der Waals surface area contributed by atoms with Gasteiger partial charge in [-0.15, -0.1) is 0 Å². The van der Waals surface area contributed by atoms with Crippen LogP contribution in [0.1, 0.15) is 0 Å². The van der Waals surface area contributed by atoms with Crippen LogP contribution in [0.4, 0.5) is 0 Å². The number of aromatic nitrogens is 1. The first-order valence-corrected chi connectivity index (χ1v) is 7.28. The molecule has 0 radical (unpaired) electrons. The van der Waals surface area contributed by atoms with E-state index in [-0.39, 0.29) is 0 Å². The van der Waals surface area contributed by atoms with E-state index < -0.39 is 0 Å². The molecule has 5 heteroatoms. The third-order valence-electron chi connectivity index (χ3n) is 2.69. The van der Waals surface area contributed by atoms with Crippen LogP contribution in [0.5, 0.6) is 5.75 Å². The Labute approximate surface area is 124 Å². The van der Waals surface area contributed by atoms with Crippen LogP contribution in [-0.4, -0.2) is 43.8 Å². The topological polar surface area (TPSA) is 40.6 Å². The van der Waals surface area contributed by atoms with Crippen molar-refractivity contribution in [3.63, 3.8) is 0 Å². The van der Waals surface area contributed by atoms with Crippen LogP contribution in [0.2, 0.25) is 0 Å². The summed E-state index contributed by atoms with van der Waals surface area (Å²) in [6.45, 7) is 2.86. The Bertz CT molecular complexity index is 516. The molecular weight excluding hydrogens is 274 g/mol. The fraction of sp³-hybridized carbons (Fsp3) is 0.400. The molecule has 0 bridgehead atoms. The molecule has 0 aliphatic carbocycles. The van der Waals surface area contributed by atoms with E-state index in [1.165, 1.54) is 0 Å². The van der Waals surface area contributed by atoms with E-state index in [4.69, 9.17) is 14.2 Å². The minimum atomic E-state index is 0.502. The number of benzene rings is 1. The molecule has 0 unspecified atom stereocenters. The maximum absolute atomic E-state index is 5.71. The van der Waals surface area contributed by atoms with Gasteiger partial charge in [0.05, 0.1) is 26.4 Å². The van der Waals surface area contributed by atoms with Gasteiger partial charge in [-0.25, -0.2) is 0 Å². The summed E-state index contributed by atoms with van der Waals surface area (Å²) in [5.74, 6) is 1.52. The fourth-order valence-electron chi connectivity index (χ4n) is 1.79. The Morgan fingerprint density at radius 2 is 1.65 bits per heavy atom. The van der Waals surface area contributed by atoms with Gasteiger partial charge in [-0.3, -0.25) is 4.98 Å². The van der Waals surface area contributed by atoms with E-state index in [0.29, 0.717) is 33.0 Å². The fourth-order valence-corrected chi connectivity index (χ4v) is 1.92. The predicted octanol–water partition coefficient (Wildman–Crippen LogP) is 2.58. The molecule has 4 nitrogen and oxygen atoms in total. The van der Waals surface area contributed by atoms with Crippen molar-refractivity contribution in [3.8, 4) is 5.75 Å². The number of ether oxygens (including phenoxy) is 3. The van der Waals surface area contributed by atoms with Gasteiger partial charge in [-0.2, -0.15) is 12.6 Å². The second-order valence-electron chi connectivity index (χ2n) is 4.13. The van der Waals surface area contributed by atoms with Crippen LogP contribution in [0.25, 0.3) is 10.9 Å². The molecule has 0 amide bonds. The molecule has 108 valence electrons. The Balaban J connectivity index is 1.71. The summed E-state index contributed by atoms with van der Waals surface area (Å²) >= 11 is 4.06. The first-order valence-electron chi connectivity index (χ1n) is 6.64. The first kappa shape index (κ1) is 15.1. The molecule has 0 saturated heterocycles. The normalized spacial score (nSPS) is 10.8. The Morgan fingerprint density at radius 3 is 2.50 bits per heavy atom. The zero-order chi connectivity index (χ0) is 14.0. The molecule has 2 aromatic rings. The van der Waals surface area contributed by atoms with Crippen LogP contribution in [0.3, 0.4) is 0 Å². The van der Waals surface area contributed by atoms with Gasteiger partial charge in [0.25, 0.3) is 0 Å². The van der Waals surface area contributed by atoms with E-state index in [9.17, 15) is 0 Å². The van der Waals surface area contributed by atoms with Crippen LogP contribution in [0.15, 0.2) is 36.5 Å². The highest BCUT2D eigenvalue weighted by molar-refractivity contribution is 7.80. The molecule has 1 aromatic carbocycles. The number of fused-ring (bicyclic) bond motifs is 1. The van der Waals surface area contributed by atoms with Crippen molar-refractivity contribution in [1.29, 1.82) is 0 Å². The first-order chi connectivity index (χ1) is 9.92. The van der Waals surface area contributed by atoms with Crippen LogP contribution >= 0.6 is 12.6 Å². The number of hydrogen-bond acceptors (Lipinski definition) is 5. The standard InChI is InChI=1S/C15H19NO3S/c20-12-11-18-8-7-17-9-10-19-14-5-1-3-13-4-2-6-16-15(13)14/h1-6,20H,7-12H2. The summed E-state index contributed by atoms with van der Waals surface area (Å²) in [5.41, 5.74) is 0.882. The number of hydrogen-bond donors (Lipinski definition) is 1. The maximum atomic E-state index is 5.71. The van der Waals surface area contributed by atoms with E-state index in [0.717, 1.165) is 22.4 Å². The van der Waals surface area contributed by atoms with Crippen LogP contribution in [-0.2, 0) is 9.47 Å². The lowest BCUT2D eigenvalue weighted by Crippen LogP contribution is -2.11. The van der Waals surface area contributed by atoms with Gasteiger partial charge in [0, 0.05) is 17.3 Å². The van der Waals surface area contributed by atoms with Crippen molar-refractivity contribution in [2.75, 3.05) is 38.8 Å². The van der Waals surface area contributed by atoms with Crippen LogP contribution < -0.4 is 4.74 Å². The summed E-state index contributed by atoms with van der Waals surface area (Å²) in [4.78, 5) is 4.34. The van der Waals surface area contributed by atoms with E-state index in [1.807, 2.05) is 30.3 Å². The molecule has 0 aliphatic rings. The molecule has 0 N–H and O–H groups in total. The van der Waals surface area contributed by atoms with Gasteiger partial charge in [0.2, 0.25) is 0 Å². The summed E-state index contributed by atoms with van der Waals surface area (Å²) in [6, 6.07) is 9.84. The molecule has 1 heterocycles. The lowest BCUT2D eigenvalue weighted by Gasteiger charge is -2.09. The molecule has 0 fully saturated rings. The highest BCUT2D eigenvalue weighted by Gasteiger charge is 2.02. The van der Waals surface area contributed by atoms with E-state index in [1.54, 1.807) is 6.20 Å². The minimum Gasteiger partial charge on any atom is -0.489 e. The van der Waals surface area contributed by atoms with Crippen molar-refractivity contribution >= 4 is 23.5 Å². The zero-order valence-corrected chi connectivity index (χ0v) is 12.2. The van der Waals surface area contributed by atoms with Crippen LogP contribution in [0, 0.1) is 0 Å². The number of rotatable bonds is 9. The lowest BCUT2D eigenvalue weighted by atomic mass is 10.2. The summed E-state index contributed by atoms with van der Waals surface area (Å²) < 4.78 is 16.4. The van der Waals surface area contributed by atoms with Gasteiger partial charge in [0.1, 0.15) is 17.9 Å². The molecule has 1 aromatic heterocycles. The van der Waals surface area contributed by atoms with Gasteiger partial charge in [-0.1, -0.05) is 18.2 Å². The second-order valence-corrected chi connectivity index (χ2v) is 4.58. The summed E-state index contributed by atoms with van der Waals surface area (Å²) in [5, 5.41) is 1.08. The molecule has 0 aliphatic heterocycles. The molecule has 0 atom stereocenters. The highest BCUT2D eigenvalue weighted by atomic mass is 32.1. The average Bonchev–Trinajstić information content (AvgIpc) is 2.50. The Hall–Kier alpha value is -1.30. The minimum absolute atomic E-state index is 0.502. The van der Waals surface area contributed by atoms with Crippen molar-refractivity contribution in [3.05, 3.63) is 36.5 Å². The summed E-state index contributed by atoms with van der Waals surface area (Å²) in [7, 11) is 0. The van der Waals surface area contributed by atoms with Crippen molar-refractivity contribution in [1.82, 2.24) is 4.98 Å². The lowest BCUT2D eigenvalue weighted by molar-refractivity contribution is 0.0415. The number of pyridine rings is 1. The molecule has 0 saturated carbocycles. The Morgan fingerprint density at radius 1 is 0.900 bits per heavy atom. The van der Waals surface area contributed by atoms with Gasteiger partial charge in [-0.05, 0) is 12.1 Å². The zero-order valence-electron chi connectivity index (χ0n) is 11.3. The third-order valence-corrected chi connectivity index (χ3v) is 2.87. The van der Waals surface area contributed by atoms with E-state index in [2.05, 4.69) is 17.6 Å². The monoisotopic (exact) mass is 293 g/mol. The number of para-hydroxylation sites is 1. The van der Waals surface area contributed by atoms with Crippen molar-refractivity contribution in [2.24, 2.45) is 0 Å². The van der Waals surface area contributed by atoms with Crippen molar-refractivity contribution in [2.45, 2.75) is 0 Å². The maximum Gasteiger partial charge on any atom is 0.145 e. The SMILES string of the molecule is SCCOCCOCCOc1cccc2cccnc12. The smallest absolute Gasteiger partial charge is 0.145 e. The highest BCUT2D eigenvalue weighted by Crippen LogP contribution is 2.22. The predicted molar refractivity (Wildman–Crippen MR) is 82.7 cm³/mol. The molecule has 0 spiro atoms. The van der Waals surface area contributed by atoms with Gasteiger partial charge in [0.15, 0.2) is 0 Å². The average molecular weight is 293 g/mol. The van der Waals surface area contributed by atoms with E-state index >= 15 is 0 Å². The summed E-state index contributed by atoms with van der Waals surface area (Å²) in [6.07, 6.45) is 1.77. The second kappa shape index (κ2) is 8.79. The molecule has 20 heavy (non-hydrogen) atoms. The van der Waals surface area contributed by atoms with Crippen molar-refractivity contribution < 1.29 is 14.2 Å². The quantitative estimate of drug-likeness (QED) is 0.570. The largest absolute Gasteiger partial charge is 0.489 e. The van der Waals surface area contributed by atoms with Gasteiger partial charge >= 0.3 is 0 Å². The molecular formula is C15H19NO3S. The number of nitrogens with zero attached hydrogens (tertiary/aromatic N) is 1.